The Morgan fingerprint density at radius 2 is 2.00 bits per heavy atom. The molecule has 3 aromatic rings. The fraction of sp³-hybridized carbons (Fsp3) is 0.118. The van der Waals surface area contributed by atoms with Gasteiger partial charge in [0.2, 0.25) is 0 Å². The van der Waals surface area contributed by atoms with E-state index >= 15 is 0 Å². The van der Waals surface area contributed by atoms with E-state index in [2.05, 4.69) is 36.2 Å². The molecule has 1 heterocycles. The normalized spacial score (nSPS) is 10.8. The van der Waals surface area contributed by atoms with Crippen molar-refractivity contribution in [1.29, 1.82) is 0 Å². The Kier molecular flexibility index (Phi) is 3.28. The molecule has 0 N–H and O–H groups in total. The van der Waals surface area contributed by atoms with Crippen molar-refractivity contribution in [2.75, 3.05) is 0 Å². The standard InChI is InChI=1S/C17H14O2S/c1-11(2)17(18)19-10-12-4-3-5-14-13(12)6-7-16-15(14)8-9-20-16/h3-9H,1,10H2,2H3. The molecule has 0 bridgehead atoms. The van der Waals surface area contributed by atoms with Gasteiger partial charge < -0.3 is 4.74 Å². The molecule has 3 heteroatoms. The van der Waals surface area contributed by atoms with Crippen LogP contribution in [0.5, 0.6) is 0 Å². The molecule has 0 atom stereocenters. The summed E-state index contributed by atoms with van der Waals surface area (Å²) in [6.45, 7) is 5.52. The van der Waals surface area contributed by atoms with Crippen LogP contribution in [0.15, 0.2) is 53.9 Å². The summed E-state index contributed by atoms with van der Waals surface area (Å²) in [5.74, 6) is -0.349. The van der Waals surface area contributed by atoms with Crippen LogP contribution in [-0.4, -0.2) is 5.97 Å². The number of carbonyl (C=O) groups is 1. The fourth-order valence-corrected chi connectivity index (χ4v) is 3.07. The van der Waals surface area contributed by atoms with Crippen molar-refractivity contribution in [2.24, 2.45) is 0 Å². The molecule has 0 radical (unpaired) electrons. The first kappa shape index (κ1) is 12.9. The maximum Gasteiger partial charge on any atom is 0.333 e. The van der Waals surface area contributed by atoms with Crippen LogP contribution in [0, 0.1) is 0 Å². The predicted molar refractivity (Wildman–Crippen MR) is 83.9 cm³/mol. The molecule has 0 saturated heterocycles. The van der Waals surface area contributed by atoms with Gasteiger partial charge in [-0.15, -0.1) is 11.3 Å². The zero-order valence-electron chi connectivity index (χ0n) is 11.2. The first-order valence-corrected chi connectivity index (χ1v) is 7.25. The Bertz CT molecular complexity index is 814. The van der Waals surface area contributed by atoms with Crippen molar-refractivity contribution in [1.82, 2.24) is 0 Å². The van der Waals surface area contributed by atoms with Crippen LogP contribution in [0.4, 0.5) is 0 Å². The zero-order valence-corrected chi connectivity index (χ0v) is 12.0. The van der Waals surface area contributed by atoms with E-state index in [1.54, 1.807) is 18.3 Å². The van der Waals surface area contributed by atoms with Crippen molar-refractivity contribution < 1.29 is 9.53 Å². The highest BCUT2D eigenvalue weighted by atomic mass is 32.1. The van der Waals surface area contributed by atoms with Gasteiger partial charge in [-0.2, -0.15) is 0 Å². The monoisotopic (exact) mass is 282 g/mol. The van der Waals surface area contributed by atoms with Gasteiger partial charge in [-0.05, 0) is 40.8 Å². The predicted octanol–water partition coefficient (Wildman–Crippen LogP) is 4.67. The molecular weight excluding hydrogens is 268 g/mol. The lowest BCUT2D eigenvalue weighted by molar-refractivity contribution is -0.140. The van der Waals surface area contributed by atoms with E-state index in [0.29, 0.717) is 5.57 Å². The summed E-state index contributed by atoms with van der Waals surface area (Å²) in [7, 11) is 0. The number of fused-ring (bicyclic) bond motifs is 3. The minimum absolute atomic E-state index is 0.276. The van der Waals surface area contributed by atoms with Crippen LogP contribution in [0.2, 0.25) is 0 Å². The molecule has 0 saturated carbocycles. The molecular formula is C17H14O2S. The van der Waals surface area contributed by atoms with Crippen LogP contribution < -0.4 is 0 Å². The molecule has 2 aromatic carbocycles. The summed E-state index contributed by atoms with van der Waals surface area (Å²) in [6.07, 6.45) is 0. The minimum atomic E-state index is -0.349. The molecule has 0 fully saturated rings. The van der Waals surface area contributed by atoms with Crippen molar-refractivity contribution >= 4 is 38.2 Å². The number of esters is 1. The third kappa shape index (κ3) is 2.21. The van der Waals surface area contributed by atoms with E-state index in [0.717, 1.165) is 10.9 Å². The van der Waals surface area contributed by atoms with E-state index in [1.165, 1.54) is 15.5 Å². The molecule has 0 unspecified atom stereocenters. The largest absolute Gasteiger partial charge is 0.457 e. The highest BCUT2D eigenvalue weighted by Gasteiger charge is 2.08. The summed E-state index contributed by atoms with van der Waals surface area (Å²) in [6, 6.07) is 12.4. The Morgan fingerprint density at radius 3 is 2.80 bits per heavy atom. The lowest BCUT2D eigenvalue weighted by Crippen LogP contribution is -2.05. The van der Waals surface area contributed by atoms with Gasteiger partial charge in [0.15, 0.2) is 0 Å². The van der Waals surface area contributed by atoms with E-state index in [1.807, 2.05) is 12.1 Å². The van der Waals surface area contributed by atoms with Gasteiger partial charge in [0, 0.05) is 15.7 Å². The van der Waals surface area contributed by atoms with Gasteiger partial charge >= 0.3 is 5.97 Å². The van der Waals surface area contributed by atoms with E-state index in [9.17, 15) is 4.79 Å². The molecule has 0 amide bonds. The molecule has 0 spiro atoms. The molecule has 0 aliphatic heterocycles. The Morgan fingerprint density at radius 1 is 1.15 bits per heavy atom. The number of hydrogen-bond donors (Lipinski definition) is 0. The van der Waals surface area contributed by atoms with Crippen LogP contribution in [-0.2, 0) is 16.1 Å². The molecule has 0 aliphatic rings. The number of benzene rings is 2. The number of thiophene rings is 1. The highest BCUT2D eigenvalue weighted by Crippen LogP contribution is 2.31. The van der Waals surface area contributed by atoms with Crippen LogP contribution in [0.1, 0.15) is 12.5 Å². The minimum Gasteiger partial charge on any atom is -0.457 e. The molecule has 100 valence electrons. The van der Waals surface area contributed by atoms with Crippen LogP contribution >= 0.6 is 11.3 Å². The number of rotatable bonds is 3. The third-order valence-electron chi connectivity index (χ3n) is 3.29. The maximum absolute atomic E-state index is 11.5. The average molecular weight is 282 g/mol. The zero-order chi connectivity index (χ0) is 14.1. The molecule has 20 heavy (non-hydrogen) atoms. The van der Waals surface area contributed by atoms with Crippen LogP contribution in [0.3, 0.4) is 0 Å². The summed E-state index contributed by atoms with van der Waals surface area (Å²) < 4.78 is 6.53. The third-order valence-corrected chi connectivity index (χ3v) is 4.17. The van der Waals surface area contributed by atoms with Gasteiger partial charge in [-0.1, -0.05) is 30.8 Å². The van der Waals surface area contributed by atoms with E-state index in [4.69, 9.17) is 4.74 Å². The molecule has 1 aromatic heterocycles. The second kappa shape index (κ2) is 5.10. The van der Waals surface area contributed by atoms with Gasteiger partial charge in [0.05, 0.1) is 0 Å². The van der Waals surface area contributed by atoms with E-state index < -0.39 is 0 Å². The van der Waals surface area contributed by atoms with Gasteiger partial charge in [-0.3, -0.25) is 0 Å². The number of carbonyl (C=O) groups excluding carboxylic acids is 1. The lowest BCUT2D eigenvalue weighted by atomic mass is 10.0. The summed E-state index contributed by atoms with van der Waals surface area (Å²) in [5, 5.41) is 5.68. The molecule has 3 rings (SSSR count). The second-order valence-electron chi connectivity index (χ2n) is 4.77. The van der Waals surface area contributed by atoms with Crippen molar-refractivity contribution in [3.05, 3.63) is 59.5 Å². The fourth-order valence-electron chi connectivity index (χ4n) is 2.27. The number of hydrogen-bond acceptors (Lipinski definition) is 3. The smallest absolute Gasteiger partial charge is 0.333 e. The average Bonchev–Trinajstić information content (AvgIpc) is 2.93. The lowest BCUT2D eigenvalue weighted by Gasteiger charge is -2.08. The van der Waals surface area contributed by atoms with Gasteiger partial charge in [0.1, 0.15) is 6.61 Å². The van der Waals surface area contributed by atoms with Crippen molar-refractivity contribution in [3.63, 3.8) is 0 Å². The van der Waals surface area contributed by atoms with Crippen molar-refractivity contribution in [3.8, 4) is 0 Å². The SMILES string of the molecule is C=C(C)C(=O)OCc1cccc2c1ccc1sccc12. The Hall–Kier alpha value is -2.13. The highest BCUT2D eigenvalue weighted by molar-refractivity contribution is 7.17. The van der Waals surface area contributed by atoms with E-state index in [-0.39, 0.29) is 12.6 Å². The molecule has 0 aliphatic carbocycles. The first-order valence-electron chi connectivity index (χ1n) is 6.37. The summed E-state index contributed by atoms with van der Waals surface area (Å²) in [4.78, 5) is 11.5. The molecule has 2 nitrogen and oxygen atoms in total. The number of ether oxygens (including phenoxy) is 1. The van der Waals surface area contributed by atoms with Crippen molar-refractivity contribution in [2.45, 2.75) is 13.5 Å². The van der Waals surface area contributed by atoms with Gasteiger partial charge in [-0.25, -0.2) is 4.79 Å². The maximum atomic E-state index is 11.5. The first-order chi connectivity index (χ1) is 9.66. The Labute approximate surface area is 121 Å². The summed E-state index contributed by atoms with van der Waals surface area (Å²) >= 11 is 1.73. The quantitative estimate of drug-likeness (QED) is 0.515. The Balaban J connectivity index is 2.03. The second-order valence-corrected chi connectivity index (χ2v) is 5.71. The van der Waals surface area contributed by atoms with Crippen LogP contribution in [0.25, 0.3) is 20.9 Å². The van der Waals surface area contributed by atoms with Gasteiger partial charge in [0.25, 0.3) is 0 Å². The topological polar surface area (TPSA) is 26.3 Å². The summed E-state index contributed by atoms with van der Waals surface area (Å²) in [5.41, 5.74) is 1.44.